The van der Waals surface area contributed by atoms with Crippen LogP contribution < -0.4 is 5.32 Å². The van der Waals surface area contributed by atoms with E-state index in [4.69, 9.17) is 4.74 Å². The summed E-state index contributed by atoms with van der Waals surface area (Å²) in [5, 5.41) is 12.8. The molecular weight excluding hydrogens is 250 g/mol. The van der Waals surface area contributed by atoms with Crippen LogP contribution in [-0.4, -0.2) is 48.8 Å². The van der Waals surface area contributed by atoms with Gasteiger partial charge in [-0.15, -0.1) is 0 Å². The number of ether oxygens (including phenoxy) is 1. The highest BCUT2D eigenvalue weighted by atomic mass is 16.5. The zero-order chi connectivity index (χ0) is 14.4. The van der Waals surface area contributed by atoms with Crippen LogP contribution in [0, 0.1) is 11.3 Å². The van der Waals surface area contributed by atoms with E-state index in [2.05, 4.69) is 23.2 Å². The first-order chi connectivity index (χ1) is 9.65. The van der Waals surface area contributed by atoms with E-state index >= 15 is 0 Å². The Balaban J connectivity index is 1.67. The summed E-state index contributed by atoms with van der Waals surface area (Å²) in [5.41, 5.74) is -0.343. The Morgan fingerprint density at radius 1 is 1.40 bits per heavy atom. The molecule has 4 heteroatoms. The molecule has 4 nitrogen and oxygen atoms in total. The lowest BCUT2D eigenvalue weighted by molar-refractivity contribution is 0.0738. The molecule has 1 heterocycles. The summed E-state index contributed by atoms with van der Waals surface area (Å²) in [6.07, 6.45) is 7.32. The number of rotatable bonds is 9. The number of hydrogen-bond acceptors (Lipinski definition) is 4. The summed E-state index contributed by atoms with van der Waals surface area (Å²) in [6.45, 7) is 8.37. The standard InChI is InChI=1S/C16H29N3O/c1-3-19(12-15-6-4-11-20-15)10-5-9-16(2,13-17)18-14-7-8-14/h14-15,18H,3-12H2,1-2H3. The molecule has 1 aliphatic carbocycles. The largest absolute Gasteiger partial charge is 0.377 e. The molecule has 1 N–H and O–H groups in total. The third-order valence-corrected chi connectivity index (χ3v) is 4.43. The summed E-state index contributed by atoms with van der Waals surface area (Å²) in [4.78, 5) is 2.46. The first-order valence-corrected chi connectivity index (χ1v) is 8.18. The fourth-order valence-electron chi connectivity index (χ4n) is 2.95. The second-order valence-corrected chi connectivity index (χ2v) is 6.49. The fourth-order valence-corrected chi connectivity index (χ4v) is 2.95. The van der Waals surface area contributed by atoms with Gasteiger partial charge in [0, 0.05) is 19.2 Å². The predicted molar refractivity (Wildman–Crippen MR) is 80.5 cm³/mol. The second-order valence-electron chi connectivity index (χ2n) is 6.49. The van der Waals surface area contributed by atoms with Gasteiger partial charge in [-0.05, 0) is 58.5 Å². The van der Waals surface area contributed by atoms with Gasteiger partial charge in [0.25, 0.3) is 0 Å². The van der Waals surface area contributed by atoms with E-state index < -0.39 is 0 Å². The molecule has 2 aliphatic rings. The molecule has 1 saturated carbocycles. The molecule has 0 bridgehead atoms. The molecule has 0 aromatic rings. The first kappa shape index (κ1) is 15.8. The number of likely N-dealkylation sites (N-methyl/N-ethyl adjacent to an activating group) is 1. The van der Waals surface area contributed by atoms with Gasteiger partial charge in [0.1, 0.15) is 5.54 Å². The predicted octanol–water partition coefficient (Wildman–Crippen LogP) is 2.30. The van der Waals surface area contributed by atoms with Crippen molar-refractivity contribution in [1.29, 1.82) is 5.26 Å². The quantitative estimate of drug-likeness (QED) is 0.703. The smallest absolute Gasteiger partial charge is 0.104 e. The Kier molecular flexibility index (Phi) is 5.83. The number of nitrogens with zero attached hydrogens (tertiary/aromatic N) is 2. The first-order valence-electron chi connectivity index (χ1n) is 8.18. The van der Waals surface area contributed by atoms with Crippen molar-refractivity contribution in [2.45, 2.75) is 70.1 Å². The van der Waals surface area contributed by atoms with E-state index in [0.717, 1.165) is 39.1 Å². The molecule has 0 amide bonds. The highest BCUT2D eigenvalue weighted by Gasteiger charge is 2.32. The van der Waals surface area contributed by atoms with Gasteiger partial charge in [-0.25, -0.2) is 0 Å². The van der Waals surface area contributed by atoms with Crippen LogP contribution in [0.1, 0.15) is 52.4 Å². The summed E-state index contributed by atoms with van der Waals surface area (Å²) in [5.74, 6) is 0. The van der Waals surface area contributed by atoms with Crippen LogP contribution in [-0.2, 0) is 4.74 Å². The molecule has 0 radical (unpaired) electrons. The van der Waals surface area contributed by atoms with E-state index in [0.29, 0.717) is 12.1 Å². The summed E-state index contributed by atoms with van der Waals surface area (Å²) in [6, 6.07) is 3.05. The molecule has 2 fully saturated rings. The minimum atomic E-state index is -0.343. The lowest BCUT2D eigenvalue weighted by atomic mass is 9.97. The Bertz CT molecular complexity index is 331. The Labute approximate surface area is 123 Å². The van der Waals surface area contributed by atoms with Gasteiger partial charge in [-0.1, -0.05) is 6.92 Å². The van der Waals surface area contributed by atoms with E-state index in [1.54, 1.807) is 0 Å². The van der Waals surface area contributed by atoms with Crippen molar-refractivity contribution in [3.8, 4) is 6.07 Å². The third-order valence-electron chi connectivity index (χ3n) is 4.43. The van der Waals surface area contributed by atoms with Gasteiger partial charge in [0.05, 0.1) is 12.2 Å². The van der Waals surface area contributed by atoms with Gasteiger partial charge in [0.2, 0.25) is 0 Å². The molecule has 0 aromatic heterocycles. The maximum atomic E-state index is 9.37. The average molecular weight is 279 g/mol. The van der Waals surface area contributed by atoms with E-state index in [9.17, 15) is 5.26 Å². The lowest BCUT2D eigenvalue weighted by Crippen LogP contribution is -2.43. The van der Waals surface area contributed by atoms with Crippen LogP contribution in [0.15, 0.2) is 0 Å². The van der Waals surface area contributed by atoms with E-state index in [1.165, 1.54) is 25.7 Å². The van der Waals surface area contributed by atoms with Crippen molar-refractivity contribution in [1.82, 2.24) is 10.2 Å². The maximum absolute atomic E-state index is 9.37. The van der Waals surface area contributed by atoms with Gasteiger partial charge in [-0.3, -0.25) is 5.32 Å². The molecule has 114 valence electrons. The normalized spacial score (nSPS) is 25.6. The molecule has 2 rings (SSSR count). The Morgan fingerprint density at radius 3 is 2.75 bits per heavy atom. The second kappa shape index (κ2) is 7.40. The van der Waals surface area contributed by atoms with E-state index in [-0.39, 0.29) is 5.54 Å². The van der Waals surface area contributed by atoms with Crippen molar-refractivity contribution < 1.29 is 4.74 Å². The van der Waals surface area contributed by atoms with Crippen molar-refractivity contribution in [2.24, 2.45) is 0 Å². The highest BCUT2D eigenvalue weighted by Crippen LogP contribution is 2.24. The summed E-state index contributed by atoms with van der Waals surface area (Å²) < 4.78 is 5.71. The lowest BCUT2D eigenvalue weighted by Gasteiger charge is -2.27. The molecular formula is C16H29N3O. The third kappa shape index (κ3) is 5.05. The minimum absolute atomic E-state index is 0.343. The summed E-state index contributed by atoms with van der Waals surface area (Å²) >= 11 is 0. The number of nitriles is 1. The summed E-state index contributed by atoms with van der Waals surface area (Å²) in [7, 11) is 0. The van der Waals surface area contributed by atoms with Gasteiger partial charge < -0.3 is 9.64 Å². The van der Waals surface area contributed by atoms with Crippen molar-refractivity contribution in [2.75, 3.05) is 26.2 Å². The van der Waals surface area contributed by atoms with Crippen LogP contribution in [0.25, 0.3) is 0 Å². The molecule has 1 saturated heterocycles. The van der Waals surface area contributed by atoms with Crippen LogP contribution in [0.2, 0.25) is 0 Å². The van der Waals surface area contributed by atoms with Crippen molar-refractivity contribution >= 4 is 0 Å². The average Bonchev–Trinajstić information content (AvgIpc) is 3.10. The molecule has 0 spiro atoms. The Morgan fingerprint density at radius 2 is 2.20 bits per heavy atom. The molecule has 0 aromatic carbocycles. The molecule has 20 heavy (non-hydrogen) atoms. The zero-order valence-corrected chi connectivity index (χ0v) is 13.0. The fraction of sp³-hybridized carbons (Fsp3) is 0.938. The molecule has 1 aliphatic heterocycles. The van der Waals surface area contributed by atoms with Crippen LogP contribution in [0.5, 0.6) is 0 Å². The highest BCUT2D eigenvalue weighted by molar-refractivity contribution is 5.07. The van der Waals surface area contributed by atoms with Crippen LogP contribution in [0.3, 0.4) is 0 Å². The maximum Gasteiger partial charge on any atom is 0.104 e. The van der Waals surface area contributed by atoms with Crippen molar-refractivity contribution in [3.05, 3.63) is 0 Å². The molecule has 2 atom stereocenters. The topological polar surface area (TPSA) is 48.3 Å². The van der Waals surface area contributed by atoms with E-state index in [1.807, 2.05) is 6.92 Å². The van der Waals surface area contributed by atoms with Crippen LogP contribution >= 0.6 is 0 Å². The SMILES string of the molecule is CCN(CCCC(C)(C#N)NC1CC1)CC1CCCO1. The molecule has 2 unspecified atom stereocenters. The van der Waals surface area contributed by atoms with Gasteiger partial charge in [-0.2, -0.15) is 5.26 Å². The van der Waals surface area contributed by atoms with Crippen molar-refractivity contribution in [3.63, 3.8) is 0 Å². The van der Waals surface area contributed by atoms with Gasteiger partial charge >= 0.3 is 0 Å². The Hall–Kier alpha value is -0.630. The monoisotopic (exact) mass is 279 g/mol. The minimum Gasteiger partial charge on any atom is -0.377 e. The number of nitrogens with one attached hydrogen (secondary N) is 1. The van der Waals surface area contributed by atoms with Gasteiger partial charge in [0.15, 0.2) is 0 Å². The number of hydrogen-bond donors (Lipinski definition) is 1. The zero-order valence-electron chi connectivity index (χ0n) is 13.0. The van der Waals surface area contributed by atoms with Crippen LogP contribution in [0.4, 0.5) is 0 Å².